The summed E-state index contributed by atoms with van der Waals surface area (Å²) < 4.78 is 11.1. The molecule has 4 atom stereocenters. The Bertz CT molecular complexity index is 942. The van der Waals surface area contributed by atoms with Crippen molar-refractivity contribution in [1.29, 1.82) is 0 Å². The molecule has 0 bridgehead atoms. The molecule has 4 rings (SSSR count). The molecule has 1 heterocycles. The van der Waals surface area contributed by atoms with Gasteiger partial charge >= 0.3 is 5.97 Å². The molecule has 32 heavy (non-hydrogen) atoms. The summed E-state index contributed by atoms with van der Waals surface area (Å²) in [4.78, 5) is 25.9. The summed E-state index contributed by atoms with van der Waals surface area (Å²) in [6.07, 6.45) is 0.378. The molecule has 3 unspecified atom stereocenters. The normalized spacial score (nSPS) is 22.6. The SMILES string of the molecule is O=C(COc1ccc(Cl)cc1)NC1C2CN(C(CCOc3ccc(Cl)cc3)C(=O)O)C[C@H]21. The highest BCUT2D eigenvalue weighted by Gasteiger charge is 2.57. The van der Waals surface area contributed by atoms with Crippen LogP contribution in [0.3, 0.4) is 0 Å². The van der Waals surface area contributed by atoms with Crippen molar-refractivity contribution in [3.63, 3.8) is 0 Å². The van der Waals surface area contributed by atoms with Gasteiger partial charge in [-0.1, -0.05) is 23.2 Å². The molecule has 2 aromatic carbocycles. The molecule has 7 nitrogen and oxygen atoms in total. The van der Waals surface area contributed by atoms with E-state index in [9.17, 15) is 14.7 Å². The molecule has 2 aliphatic rings. The third-order valence-electron chi connectivity index (χ3n) is 5.93. The third-order valence-corrected chi connectivity index (χ3v) is 6.44. The number of hydrogen-bond donors (Lipinski definition) is 2. The van der Waals surface area contributed by atoms with Crippen LogP contribution < -0.4 is 14.8 Å². The fourth-order valence-electron chi connectivity index (χ4n) is 4.22. The number of piperidine rings is 1. The molecule has 0 radical (unpaired) electrons. The number of carboxylic acid groups (broad SMARTS) is 1. The summed E-state index contributed by atoms with van der Waals surface area (Å²) in [5.74, 6) is 0.741. The van der Waals surface area contributed by atoms with Crippen molar-refractivity contribution in [2.75, 3.05) is 26.3 Å². The first-order chi connectivity index (χ1) is 15.4. The molecule has 0 aromatic heterocycles. The van der Waals surface area contributed by atoms with E-state index < -0.39 is 12.0 Å². The van der Waals surface area contributed by atoms with Crippen molar-refractivity contribution in [1.82, 2.24) is 10.2 Å². The van der Waals surface area contributed by atoms with Crippen molar-refractivity contribution in [2.45, 2.75) is 18.5 Å². The van der Waals surface area contributed by atoms with Gasteiger partial charge in [-0.25, -0.2) is 0 Å². The molecule has 1 amide bonds. The van der Waals surface area contributed by atoms with Crippen LogP contribution in [-0.2, 0) is 9.59 Å². The number of fused-ring (bicyclic) bond motifs is 1. The van der Waals surface area contributed by atoms with Crippen molar-refractivity contribution < 1.29 is 24.2 Å². The van der Waals surface area contributed by atoms with Crippen LogP contribution in [0.1, 0.15) is 6.42 Å². The molecule has 0 spiro atoms. The second-order valence-corrected chi connectivity index (χ2v) is 8.94. The highest BCUT2D eigenvalue weighted by Crippen LogP contribution is 2.46. The van der Waals surface area contributed by atoms with Crippen LogP contribution in [0.4, 0.5) is 0 Å². The van der Waals surface area contributed by atoms with Crippen LogP contribution in [0.5, 0.6) is 11.5 Å². The number of aliphatic carboxylic acids is 1. The van der Waals surface area contributed by atoms with Crippen molar-refractivity contribution in [3.05, 3.63) is 58.6 Å². The number of nitrogens with zero attached hydrogens (tertiary/aromatic N) is 1. The summed E-state index contributed by atoms with van der Waals surface area (Å²) in [5.41, 5.74) is 0. The highest BCUT2D eigenvalue weighted by molar-refractivity contribution is 6.30. The number of benzene rings is 2. The number of likely N-dealkylation sites (tertiary alicyclic amines) is 1. The fraction of sp³-hybridized carbons (Fsp3) is 0.391. The maximum absolute atomic E-state index is 12.2. The minimum Gasteiger partial charge on any atom is -0.494 e. The quantitative estimate of drug-likeness (QED) is 0.544. The van der Waals surface area contributed by atoms with E-state index in [-0.39, 0.29) is 30.4 Å². The number of hydrogen-bond acceptors (Lipinski definition) is 5. The van der Waals surface area contributed by atoms with Crippen molar-refractivity contribution >= 4 is 35.1 Å². The molecule has 1 saturated carbocycles. The van der Waals surface area contributed by atoms with Gasteiger partial charge in [0.2, 0.25) is 0 Å². The van der Waals surface area contributed by atoms with Gasteiger partial charge in [-0.3, -0.25) is 14.5 Å². The van der Waals surface area contributed by atoms with Crippen LogP contribution in [-0.4, -0.2) is 60.3 Å². The molecule has 2 fully saturated rings. The largest absolute Gasteiger partial charge is 0.494 e. The maximum atomic E-state index is 12.2. The molecule has 2 aromatic rings. The molecule has 1 saturated heterocycles. The molecule has 1 aliphatic carbocycles. The third kappa shape index (κ3) is 5.65. The Labute approximate surface area is 196 Å². The Balaban J connectivity index is 1.19. The number of amides is 1. The number of ether oxygens (including phenoxy) is 2. The Morgan fingerprint density at radius 2 is 1.50 bits per heavy atom. The van der Waals surface area contributed by atoms with Gasteiger partial charge in [0, 0.05) is 35.6 Å². The van der Waals surface area contributed by atoms with Crippen LogP contribution in [0.25, 0.3) is 0 Å². The van der Waals surface area contributed by atoms with Crippen molar-refractivity contribution in [2.24, 2.45) is 11.8 Å². The number of rotatable bonds is 10. The number of carboxylic acids is 1. The van der Waals surface area contributed by atoms with E-state index >= 15 is 0 Å². The summed E-state index contributed by atoms with van der Waals surface area (Å²) in [7, 11) is 0. The van der Waals surface area contributed by atoms with Gasteiger partial charge in [-0.05, 0) is 60.4 Å². The van der Waals surface area contributed by atoms with E-state index in [4.69, 9.17) is 32.7 Å². The van der Waals surface area contributed by atoms with Crippen LogP contribution in [0, 0.1) is 11.8 Å². The van der Waals surface area contributed by atoms with Crippen molar-refractivity contribution in [3.8, 4) is 11.5 Å². The standard InChI is InChI=1S/C23H24Cl2N2O5/c24-14-1-5-16(6-2-14)31-10-9-20(23(29)30)27-11-18-19(12-27)22(18)26-21(28)13-32-17-7-3-15(25)4-8-17/h1-8,18-20,22H,9-13H2,(H,26,28)(H,29,30)/t18-,19?,20?,22?/m1/s1. The topological polar surface area (TPSA) is 88.1 Å². The van der Waals surface area contributed by atoms with Gasteiger partial charge in [-0.15, -0.1) is 0 Å². The summed E-state index contributed by atoms with van der Waals surface area (Å²) in [6, 6.07) is 13.3. The minimum atomic E-state index is -0.858. The molecule has 2 N–H and O–H groups in total. The number of carbonyl (C=O) groups excluding carboxylic acids is 1. The molecule has 1 aliphatic heterocycles. The zero-order chi connectivity index (χ0) is 22.7. The van der Waals surface area contributed by atoms with Gasteiger partial charge in [-0.2, -0.15) is 0 Å². The summed E-state index contributed by atoms with van der Waals surface area (Å²) in [5, 5.41) is 13.9. The van der Waals surface area contributed by atoms with Gasteiger partial charge < -0.3 is 19.9 Å². The monoisotopic (exact) mass is 478 g/mol. The molecular formula is C23H24Cl2N2O5. The average molecular weight is 479 g/mol. The van der Waals surface area contributed by atoms with E-state index in [1.807, 2.05) is 4.90 Å². The van der Waals surface area contributed by atoms with Crippen LogP contribution in [0.15, 0.2) is 48.5 Å². The highest BCUT2D eigenvalue weighted by atomic mass is 35.5. The maximum Gasteiger partial charge on any atom is 0.321 e. The van der Waals surface area contributed by atoms with Gasteiger partial charge in [0.25, 0.3) is 5.91 Å². The average Bonchev–Trinajstić information content (AvgIpc) is 3.19. The lowest BCUT2D eigenvalue weighted by Crippen LogP contribution is -2.44. The first-order valence-corrected chi connectivity index (χ1v) is 11.2. The second-order valence-electron chi connectivity index (χ2n) is 8.06. The Hall–Kier alpha value is -2.48. The second kappa shape index (κ2) is 9.98. The Morgan fingerprint density at radius 3 is 2.03 bits per heavy atom. The lowest BCUT2D eigenvalue weighted by molar-refractivity contribution is -0.143. The lowest BCUT2D eigenvalue weighted by Gasteiger charge is -2.26. The smallest absolute Gasteiger partial charge is 0.321 e. The zero-order valence-electron chi connectivity index (χ0n) is 17.2. The lowest BCUT2D eigenvalue weighted by atomic mass is 10.1. The summed E-state index contributed by atoms with van der Waals surface area (Å²) in [6.45, 7) is 1.52. The van der Waals surface area contributed by atoms with Gasteiger partial charge in [0.15, 0.2) is 6.61 Å². The number of carbonyl (C=O) groups is 2. The predicted molar refractivity (Wildman–Crippen MR) is 120 cm³/mol. The van der Waals surface area contributed by atoms with E-state index in [0.717, 1.165) is 0 Å². The minimum absolute atomic E-state index is 0.0684. The van der Waals surface area contributed by atoms with Crippen LogP contribution in [0.2, 0.25) is 10.0 Å². The number of nitrogens with one attached hydrogen (secondary N) is 1. The first kappa shape index (κ1) is 22.7. The van der Waals surface area contributed by atoms with Crippen LogP contribution >= 0.6 is 23.2 Å². The zero-order valence-corrected chi connectivity index (χ0v) is 18.8. The fourth-order valence-corrected chi connectivity index (χ4v) is 4.47. The van der Waals surface area contributed by atoms with E-state index in [2.05, 4.69) is 5.32 Å². The predicted octanol–water partition coefficient (Wildman–Crippen LogP) is 3.34. The molecule has 170 valence electrons. The summed E-state index contributed by atoms with van der Waals surface area (Å²) >= 11 is 11.7. The first-order valence-electron chi connectivity index (χ1n) is 10.4. The van der Waals surface area contributed by atoms with E-state index in [1.54, 1.807) is 48.5 Å². The Morgan fingerprint density at radius 1 is 0.969 bits per heavy atom. The molecule has 9 heteroatoms. The van der Waals surface area contributed by atoms with Gasteiger partial charge in [0.05, 0.1) is 6.61 Å². The van der Waals surface area contributed by atoms with E-state index in [0.29, 0.717) is 47.7 Å². The molecular weight excluding hydrogens is 455 g/mol. The Kier molecular flexibility index (Phi) is 7.08. The number of halogens is 2. The van der Waals surface area contributed by atoms with Gasteiger partial charge in [0.1, 0.15) is 17.5 Å². The van der Waals surface area contributed by atoms with E-state index in [1.165, 1.54) is 0 Å².